The third-order valence-electron chi connectivity index (χ3n) is 8.82. The lowest BCUT2D eigenvalue weighted by Crippen LogP contribution is -2.56. The maximum absolute atomic E-state index is 13.6. The van der Waals surface area contributed by atoms with Crippen LogP contribution >= 0.6 is 0 Å². The Balaban J connectivity index is 1.40. The summed E-state index contributed by atoms with van der Waals surface area (Å²) in [6.07, 6.45) is -4.84. The smallest absolute Gasteiger partial charge is 0.416 e. The van der Waals surface area contributed by atoms with E-state index in [1.165, 1.54) is 60.3 Å². The van der Waals surface area contributed by atoms with Crippen LogP contribution in [-0.2, 0) is 37.2 Å². The molecule has 1 aliphatic rings. The van der Waals surface area contributed by atoms with Gasteiger partial charge in [0.05, 0.1) is 29.8 Å². The zero-order valence-electron chi connectivity index (χ0n) is 29.7. The van der Waals surface area contributed by atoms with Crippen molar-refractivity contribution in [2.75, 3.05) is 32.6 Å². The molecule has 1 heterocycles. The van der Waals surface area contributed by atoms with Crippen molar-refractivity contribution < 1.29 is 46.6 Å². The van der Waals surface area contributed by atoms with Gasteiger partial charge in [-0.25, -0.2) is 4.79 Å². The summed E-state index contributed by atoms with van der Waals surface area (Å²) in [5.41, 5.74) is -0.416. The van der Waals surface area contributed by atoms with Crippen LogP contribution in [0.25, 0.3) is 11.1 Å². The van der Waals surface area contributed by atoms with Gasteiger partial charge in [-0.2, -0.15) is 13.2 Å². The van der Waals surface area contributed by atoms with Crippen molar-refractivity contribution in [1.82, 2.24) is 9.80 Å². The first-order valence-corrected chi connectivity index (χ1v) is 16.8. The van der Waals surface area contributed by atoms with Gasteiger partial charge in [-0.1, -0.05) is 54.6 Å². The summed E-state index contributed by atoms with van der Waals surface area (Å²) in [5.74, 6) is -2.99. The highest BCUT2D eigenvalue weighted by Crippen LogP contribution is 2.42. The normalized spacial score (nSPS) is 15.2. The highest BCUT2D eigenvalue weighted by Gasteiger charge is 2.58. The van der Waals surface area contributed by atoms with Crippen LogP contribution in [0.15, 0.2) is 91.0 Å². The van der Waals surface area contributed by atoms with Crippen molar-refractivity contribution in [3.8, 4) is 11.1 Å². The molecule has 0 aliphatic carbocycles. The Labute approximate surface area is 304 Å². The van der Waals surface area contributed by atoms with Gasteiger partial charge in [0.15, 0.2) is 0 Å². The number of halogens is 3. The Morgan fingerprint density at radius 1 is 0.849 bits per heavy atom. The summed E-state index contributed by atoms with van der Waals surface area (Å²) < 4.78 is 50.6. The fourth-order valence-corrected chi connectivity index (χ4v) is 6.40. The molecule has 5 rings (SSSR count). The Bertz CT molecular complexity index is 2060. The Morgan fingerprint density at radius 2 is 1.49 bits per heavy atom. The number of ether oxygens (including phenoxy) is 2. The van der Waals surface area contributed by atoms with Gasteiger partial charge in [0.1, 0.15) is 6.61 Å². The quantitative estimate of drug-likeness (QED) is 0.170. The van der Waals surface area contributed by atoms with Gasteiger partial charge in [0.2, 0.25) is 5.54 Å². The fourth-order valence-electron chi connectivity index (χ4n) is 6.40. The van der Waals surface area contributed by atoms with E-state index in [1.807, 2.05) is 0 Å². The molecule has 0 radical (unpaired) electrons. The molecule has 0 saturated heterocycles. The number of hydrogen-bond acceptors (Lipinski definition) is 7. The zero-order chi connectivity index (χ0) is 38.7. The predicted octanol–water partition coefficient (Wildman–Crippen LogP) is 6.74. The van der Waals surface area contributed by atoms with Crippen molar-refractivity contribution in [3.05, 3.63) is 124 Å². The number of rotatable bonds is 11. The molecule has 0 saturated carbocycles. The monoisotopic (exact) mass is 729 g/mol. The van der Waals surface area contributed by atoms with Crippen molar-refractivity contribution in [2.45, 2.75) is 44.9 Å². The fraction of sp³-hybridized carbons (Fsp3) is 0.275. The first kappa shape index (κ1) is 38.3. The van der Waals surface area contributed by atoms with Crippen molar-refractivity contribution >= 4 is 35.3 Å². The molecular formula is C40H38F3N3O7. The van der Waals surface area contributed by atoms with E-state index in [0.717, 1.165) is 12.1 Å². The summed E-state index contributed by atoms with van der Waals surface area (Å²) in [6.45, 7) is 4.65. The lowest BCUT2D eigenvalue weighted by molar-refractivity contribution is -0.166. The van der Waals surface area contributed by atoms with Crippen LogP contribution in [0.1, 0.15) is 68.5 Å². The van der Waals surface area contributed by atoms with Crippen LogP contribution in [0.2, 0.25) is 0 Å². The number of carbonyl (C=O) groups is 5. The zero-order valence-corrected chi connectivity index (χ0v) is 29.7. The molecule has 13 heteroatoms. The summed E-state index contributed by atoms with van der Waals surface area (Å²) >= 11 is 0. The number of hydrogen-bond donors (Lipinski definition) is 1. The molecule has 1 N–H and O–H groups in total. The van der Waals surface area contributed by atoms with E-state index < -0.39 is 59.6 Å². The van der Waals surface area contributed by atoms with Gasteiger partial charge in [-0.3, -0.25) is 19.2 Å². The van der Waals surface area contributed by atoms with E-state index in [0.29, 0.717) is 27.8 Å². The second-order valence-corrected chi connectivity index (χ2v) is 12.9. The topological polar surface area (TPSA) is 122 Å². The highest BCUT2D eigenvalue weighted by atomic mass is 19.4. The number of nitrogens with one attached hydrogen (secondary N) is 1. The molecule has 1 aliphatic heterocycles. The van der Waals surface area contributed by atoms with Crippen LogP contribution in [0.3, 0.4) is 0 Å². The molecule has 1 atom stereocenters. The molecule has 10 nitrogen and oxygen atoms in total. The standard InChI is InChI=1S/C40H38F3N3O7/c1-6-52-38(51)39(32-14-10-9-13-30(32)37(50)46(39)24(2)3)23-53-34(47)22-25-15-20-33(31(21-25)36(49)45(4)5)44-35(48)29-12-8-7-11-28(29)26-16-18-27(19-17-26)40(41,42)43/h7-21,24H,6,22-23H2,1-5H3,(H,44,48). The number of anilines is 1. The van der Waals surface area contributed by atoms with Crippen molar-refractivity contribution in [3.63, 3.8) is 0 Å². The largest absolute Gasteiger partial charge is 0.464 e. The number of fused-ring (bicyclic) bond motifs is 1. The minimum atomic E-state index is -4.52. The lowest BCUT2D eigenvalue weighted by atomic mass is 9.89. The maximum atomic E-state index is 13.6. The second kappa shape index (κ2) is 15.3. The predicted molar refractivity (Wildman–Crippen MR) is 190 cm³/mol. The molecule has 1 unspecified atom stereocenters. The van der Waals surface area contributed by atoms with Gasteiger partial charge in [-0.15, -0.1) is 0 Å². The van der Waals surface area contributed by atoms with Gasteiger partial charge in [-0.05, 0) is 73.9 Å². The Morgan fingerprint density at radius 3 is 2.11 bits per heavy atom. The highest BCUT2D eigenvalue weighted by molar-refractivity contribution is 6.12. The van der Waals surface area contributed by atoms with Gasteiger partial charge < -0.3 is 24.6 Å². The van der Waals surface area contributed by atoms with Gasteiger partial charge >= 0.3 is 18.1 Å². The van der Waals surface area contributed by atoms with Crippen LogP contribution in [0.4, 0.5) is 18.9 Å². The molecule has 0 spiro atoms. The van der Waals surface area contributed by atoms with Crippen LogP contribution in [-0.4, -0.2) is 72.8 Å². The van der Waals surface area contributed by atoms with Gasteiger partial charge in [0, 0.05) is 36.8 Å². The Kier molecular flexibility index (Phi) is 11.1. The average molecular weight is 730 g/mol. The molecule has 3 amide bonds. The van der Waals surface area contributed by atoms with E-state index in [1.54, 1.807) is 63.2 Å². The number of benzene rings is 4. The third-order valence-corrected chi connectivity index (χ3v) is 8.82. The van der Waals surface area contributed by atoms with E-state index >= 15 is 0 Å². The molecule has 0 bridgehead atoms. The molecule has 4 aromatic carbocycles. The van der Waals surface area contributed by atoms with E-state index in [-0.39, 0.29) is 29.8 Å². The average Bonchev–Trinajstić information content (AvgIpc) is 3.39. The summed E-state index contributed by atoms with van der Waals surface area (Å²) in [4.78, 5) is 70.0. The number of amides is 3. The van der Waals surface area contributed by atoms with Crippen LogP contribution < -0.4 is 5.32 Å². The molecule has 53 heavy (non-hydrogen) atoms. The second-order valence-electron chi connectivity index (χ2n) is 12.9. The number of carbonyl (C=O) groups excluding carboxylic acids is 5. The third kappa shape index (κ3) is 7.64. The number of nitrogens with zero attached hydrogens (tertiary/aromatic N) is 2. The molecule has 4 aromatic rings. The first-order valence-electron chi connectivity index (χ1n) is 16.8. The minimum absolute atomic E-state index is 0.0308. The van der Waals surface area contributed by atoms with E-state index in [2.05, 4.69) is 5.32 Å². The first-order chi connectivity index (χ1) is 25.1. The SMILES string of the molecule is CCOC(=O)C1(COC(=O)Cc2ccc(NC(=O)c3ccccc3-c3ccc(C(F)(F)F)cc3)c(C(=O)N(C)C)c2)c2ccccc2C(=O)N1C(C)C. The van der Waals surface area contributed by atoms with Crippen LogP contribution in [0.5, 0.6) is 0 Å². The molecular weight excluding hydrogens is 691 g/mol. The molecule has 0 aromatic heterocycles. The minimum Gasteiger partial charge on any atom is -0.464 e. The molecule has 276 valence electrons. The summed E-state index contributed by atoms with van der Waals surface area (Å²) in [6, 6.07) is 21.4. The molecule has 0 fully saturated rings. The van der Waals surface area contributed by atoms with Crippen molar-refractivity contribution in [2.24, 2.45) is 0 Å². The Hall–Kier alpha value is -5.98. The van der Waals surface area contributed by atoms with Gasteiger partial charge in [0.25, 0.3) is 17.7 Å². The van der Waals surface area contributed by atoms with Crippen molar-refractivity contribution in [1.29, 1.82) is 0 Å². The number of esters is 2. The summed E-state index contributed by atoms with van der Waals surface area (Å²) in [7, 11) is 3.04. The summed E-state index contributed by atoms with van der Waals surface area (Å²) in [5, 5.41) is 2.74. The van der Waals surface area contributed by atoms with E-state index in [4.69, 9.17) is 9.47 Å². The maximum Gasteiger partial charge on any atom is 0.416 e. The van der Waals surface area contributed by atoms with Crippen LogP contribution in [0, 0.1) is 0 Å². The number of alkyl halides is 3. The van der Waals surface area contributed by atoms with E-state index in [9.17, 15) is 37.1 Å². The lowest BCUT2D eigenvalue weighted by Gasteiger charge is -2.38.